The molecule has 442 valence electrons. The molecule has 2 aromatic heterocycles. The number of cyclic esters (lactones) is 1. The van der Waals surface area contributed by atoms with Crippen molar-refractivity contribution in [3.8, 4) is 11.4 Å². The zero-order valence-electron chi connectivity index (χ0n) is 45.5. The van der Waals surface area contributed by atoms with Crippen LogP contribution in [0, 0.1) is 12.7 Å². The molecule has 26 nitrogen and oxygen atoms in total. The quantitative estimate of drug-likeness (QED) is 0.0163. The molecule has 0 bridgehead atoms. The Bertz CT molecular complexity index is 3160. The maximum Gasteiger partial charge on any atom is 0.343 e. The van der Waals surface area contributed by atoms with Gasteiger partial charge >= 0.3 is 5.97 Å². The summed E-state index contributed by atoms with van der Waals surface area (Å²) in [5, 5.41) is 66.4. The fraction of sp³-hybridized carbons (Fsp3) is 0.509. The lowest BCUT2D eigenvalue weighted by Crippen LogP contribution is -2.60. The molecule has 4 aromatic rings. The van der Waals surface area contributed by atoms with Crippen molar-refractivity contribution in [1.29, 1.82) is 0 Å². The fourth-order valence-corrected chi connectivity index (χ4v) is 10.8. The van der Waals surface area contributed by atoms with Crippen molar-refractivity contribution in [2.24, 2.45) is 5.73 Å². The van der Waals surface area contributed by atoms with Gasteiger partial charge < -0.3 is 81.9 Å². The summed E-state index contributed by atoms with van der Waals surface area (Å²) in [7, 11) is 1.91. The minimum atomic E-state index is -2.02. The van der Waals surface area contributed by atoms with Gasteiger partial charge in [0.05, 0.1) is 67.9 Å². The number of hydrogen-bond acceptors (Lipinski definition) is 19. The van der Waals surface area contributed by atoms with Crippen LogP contribution in [-0.4, -0.2) is 184 Å². The Hall–Kier alpha value is -7.34. The normalized spacial score (nSPS) is 22.2. The number of aliphatic hydroxyl groups is 5. The maximum absolute atomic E-state index is 15.5. The number of likely N-dealkylation sites (N-methyl/N-ethyl adjacent to an activating group) is 1. The van der Waals surface area contributed by atoms with Gasteiger partial charge in [0.2, 0.25) is 35.4 Å². The third-order valence-electron chi connectivity index (χ3n) is 15.6. The van der Waals surface area contributed by atoms with Crippen LogP contribution >= 0.6 is 0 Å². The average Bonchev–Trinajstić information content (AvgIpc) is 1.72. The van der Waals surface area contributed by atoms with Gasteiger partial charge in [-0.15, -0.1) is 0 Å². The fourth-order valence-electron chi connectivity index (χ4n) is 10.8. The minimum absolute atomic E-state index is 0.0218. The summed E-state index contributed by atoms with van der Waals surface area (Å²) in [6.45, 7) is 0.985. The van der Waals surface area contributed by atoms with E-state index < -0.39 is 127 Å². The van der Waals surface area contributed by atoms with Crippen molar-refractivity contribution >= 4 is 52.3 Å². The van der Waals surface area contributed by atoms with E-state index in [1.165, 1.54) is 6.07 Å². The smallest absolute Gasteiger partial charge is 0.343 e. The Kier molecular flexibility index (Phi) is 19.5. The van der Waals surface area contributed by atoms with Crippen molar-refractivity contribution in [2.45, 2.75) is 120 Å². The van der Waals surface area contributed by atoms with Gasteiger partial charge in [0.1, 0.15) is 55.7 Å². The Morgan fingerprint density at radius 2 is 1.60 bits per heavy atom. The molecular formula is C55H69FN10O16. The monoisotopic (exact) mass is 1140 g/mol. The number of pyridine rings is 2. The van der Waals surface area contributed by atoms with Crippen LogP contribution in [0.2, 0.25) is 0 Å². The minimum Gasteiger partial charge on any atom is -0.458 e. The van der Waals surface area contributed by atoms with Gasteiger partial charge in [-0.1, -0.05) is 37.3 Å². The van der Waals surface area contributed by atoms with E-state index in [0.29, 0.717) is 47.4 Å². The second-order valence-electron chi connectivity index (χ2n) is 20.8. The van der Waals surface area contributed by atoms with Crippen molar-refractivity contribution in [2.75, 3.05) is 59.7 Å². The van der Waals surface area contributed by atoms with Crippen LogP contribution in [0.1, 0.15) is 77.6 Å². The van der Waals surface area contributed by atoms with E-state index in [-0.39, 0.29) is 75.9 Å². The number of rotatable bonds is 24. The Labute approximate surface area is 469 Å². The number of aromatic nitrogens is 2. The molecular weight excluding hydrogens is 1080 g/mol. The molecule has 4 aliphatic rings. The molecule has 0 saturated carbocycles. The molecule has 13 N–H and O–H groups in total. The Morgan fingerprint density at radius 3 is 2.32 bits per heavy atom. The first kappa shape index (κ1) is 60.7. The molecule has 1 fully saturated rings. The number of nitrogens with zero attached hydrogens (tertiary/aromatic N) is 3. The molecule has 9 atom stereocenters. The van der Waals surface area contributed by atoms with Crippen molar-refractivity contribution in [1.82, 2.24) is 46.4 Å². The maximum atomic E-state index is 15.5. The SMILES string of the molecule is CC[C@@]1(O)C(=O)OCc2c1cc1n(c2=O)Cc2c-1nc1cc(F)c(C)c3c1c2[C@@H](N(C)CCOCNC(=O)CNC(=O)[C@H](Cc1ccccc1)NC(=O)CNC(=O)CNC(=O)[C@@H](N)CCC(=O)NC[C@@H]1O[C@H](CO)[C@@H](O)[C@H](O)[C@H]1O)CC3. The third kappa shape index (κ3) is 13.1. The number of benzene rings is 2. The number of carbonyl (C=O) groups is 7. The molecule has 82 heavy (non-hydrogen) atoms. The first-order valence-electron chi connectivity index (χ1n) is 27.0. The van der Waals surface area contributed by atoms with Gasteiger partial charge in [-0.2, -0.15) is 0 Å². The summed E-state index contributed by atoms with van der Waals surface area (Å²) in [5.74, 6) is -5.45. The molecule has 5 heterocycles. The molecule has 27 heteroatoms. The van der Waals surface area contributed by atoms with E-state index in [9.17, 15) is 63.9 Å². The number of aryl methyl sites for hydroxylation is 1. The summed E-state index contributed by atoms with van der Waals surface area (Å²) in [6.07, 6.45) is -6.26. The Balaban J connectivity index is 0.783. The van der Waals surface area contributed by atoms with Gasteiger partial charge in [-0.05, 0) is 68.0 Å². The number of halogens is 1. The largest absolute Gasteiger partial charge is 0.458 e. The number of nitrogens with one attached hydrogen (secondary N) is 6. The van der Waals surface area contributed by atoms with Crippen molar-refractivity contribution < 1.29 is 77.7 Å². The van der Waals surface area contributed by atoms with Crippen LogP contribution in [0.25, 0.3) is 22.3 Å². The van der Waals surface area contributed by atoms with Crippen molar-refractivity contribution in [3.63, 3.8) is 0 Å². The van der Waals surface area contributed by atoms with E-state index >= 15 is 4.39 Å². The molecule has 0 unspecified atom stereocenters. The van der Waals surface area contributed by atoms with Gasteiger partial charge in [0.15, 0.2) is 5.60 Å². The number of aliphatic hydroxyl groups excluding tert-OH is 4. The summed E-state index contributed by atoms with van der Waals surface area (Å²) in [5.41, 5.74) is 8.80. The van der Waals surface area contributed by atoms with Crippen LogP contribution in [-0.2, 0) is 79.4 Å². The lowest BCUT2D eigenvalue weighted by Gasteiger charge is -2.40. The predicted octanol–water partition coefficient (Wildman–Crippen LogP) is -3.32. The number of nitrogens with two attached hydrogens (primary N) is 1. The lowest BCUT2D eigenvalue weighted by molar-refractivity contribution is -0.227. The van der Waals surface area contributed by atoms with Crippen molar-refractivity contribution in [3.05, 3.63) is 97.6 Å². The zero-order chi connectivity index (χ0) is 59.2. The van der Waals surface area contributed by atoms with Crippen LogP contribution in [0.5, 0.6) is 0 Å². The predicted molar refractivity (Wildman–Crippen MR) is 287 cm³/mol. The molecule has 8 rings (SSSR count). The van der Waals surface area contributed by atoms with Crippen LogP contribution in [0.4, 0.5) is 4.39 Å². The van der Waals surface area contributed by atoms with Gasteiger partial charge in [0.25, 0.3) is 5.56 Å². The van der Waals surface area contributed by atoms with Gasteiger partial charge in [0, 0.05) is 54.6 Å². The summed E-state index contributed by atoms with van der Waals surface area (Å²) in [4.78, 5) is 111. The molecule has 2 aromatic carbocycles. The highest BCUT2D eigenvalue weighted by Crippen LogP contribution is 2.47. The topological polar surface area (TPSA) is 385 Å². The summed E-state index contributed by atoms with van der Waals surface area (Å²) >= 11 is 0. The molecule has 1 aliphatic carbocycles. The van der Waals surface area contributed by atoms with Gasteiger partial charge in [-0.25, -0.2) is 14.2 Å². The highest BCUT2D eigenvalue weighted by Gasteiger charge is 2.47. The molecule has 0 radical (unpaired) electrons. The first-order chi connectivity index (χ1) is 39.1. The lowest BCUT2D eigenvalue weighted by atomic mass is 9.81. The number of carbonyl (C=O) groups excluding carboxylic acids is 7. The van der Waals surface area contributed by atoms with E-state index in [1.54, 1.807) is 54.8 Å². The molecule has 0 spiro atoms. The highest BCUT2D eigenvalue weighted by atomic mass is 19.1. The number of ether oxygens (including phenoxy) is 3. The number of esters is 1. The van der Waals surface area contributed by atoms with Crippen LogP contribution in [0.3, 0.4) is 0 Å². The number of hydrogen-bond donors (Lipinski definition) is 12. The number of fused-ring (bicyclic) bond motifs is 5. The van der Waals surface area contributed by atoms with E-state index in [4.69, 9.17) is 24.9 Å². The second-order valence-corrected chi connectivity index (χ2v) is 20.8. The molecule has 1 saturated heterocycles. The number of amides is 6. The van der Waals surface area contributed by atoms with Crippen LogP contribution in [0.15, 0.2) is 47.3 Å². The van der Waals surface area contributed by atoms with Gasteiger partial charge in [-0.3, -0.25) is 38.5 Å². The Morgan fingerprint density at radius 1 is 0.902 bits per heavy atom. The second kappa shape index (κ2) is 26.3. The van der Waals surface area contributed by atoms with E-state index in [0.717, 1.165) is 22.1 Å². The standard InChI is InChI=1S/C55H69FN10O16/c1-4-55(79)32-17-38-47-30(23-66(38)53(77)31(32)25-81-54(55)78)46-37(12-10-29-27(2)33(56)18-35(64-47)45(29)46)65(3)14-15-80-26-62-43(70)21-61-52(76)36(16-28-8-6-5-7-9-28)63-44(71)22-59-42(69)20-60-51(75)34(57)11-13-41(68)58-19-39-48(72)50(74)49(73)40(24-67)82-39/h5-9,17-18,34,36-37,39-40,48-50,67,72-74,79H,4,10-16,19-26,57H2,1-3H3,(H,58,68)(H,59,69)(H,60,75)(H,61,76)(H,62,70)(H,63,71)/t34-,36-,37-,39-,40+,48-,49+,50+,55-/m0/s1. The highest BCUT2D eigenvalue weighted by molar-refractivity contribution is 5.95. The van der Waals surface area contributed by atoms with E-state index in [1.807, 2.05) is 7.05 Å². The zero-order valence-corrected chi connectivity index (χ0v) is 45.5. The molecule has 3 aliphatic heterocycles. The molecule has 6 amide bonds. The summed E-state index contributed by atoms with van der Waals surface area (Å²) in [6, 6.07) is 9.11. The first-order valence-corrected chi connectivity index (χ1v) is 27.0. The third-order valence-corrected chi connectivity index (χ3v) is 15.6. The summed E-state index contributed by atoms with van der Waals surface area (Å²) < 4.78 is 33.4. The van der Waals surface area contributed by atoms with E-state index in [2.05, 4.69) is 36.8 Å². The average molecular weight is 1150 g/mol. The van der Waals surface area contributed by atoms with Crippen LogP contribution < -0.4 is 43.2 Å².